The Morgan fingerprint density at radius 2 is 1.54 bits per heavy atom. The molecule has 3 aromatic rings. The number of aryl methyl sites for hydroxylation is 2. The number of rotatable bonds is 4. The molecule has 1 N–H and O–H groups in total. The van der Waals surface area contributed by atoms with Crippen LogP contribution >= 0.6 is 0 Å². The number of benzene rings is 2. The molecule has 132 valence electrons. The minimum absolute atomic E-state index is 0.00339. The number of nitrogens with zero attached hydrogens (tertiary/aromatic N) is 3. The van der Waals surface area contributed by atoms with Crippen LogP contribution in [0.2, 0.25) is 0 Å². The smallest absolute Gasteiger partial charge is 0.264 e. The number of sulfonamides is 1. The van der Waals surface area contributed by atoms with E-state index in [0.717, 1.165) is 5.56 Å². The van der Waals surface area contributed by atoms with E-state index in [2.05, 4.69) is 15.2 Å². The van der Waals surface area contributed by atoms with Gasteiger partial charge in [0.05, 0.1) is 16.3 Å². The lowest BCUT2D eigenvalue weighted by molar-refractivity contribution is 0.0969. The Bertz CT molecular complexity index is 1070. The number of nitrogens with one attached hydrogen (secondary N) is 1. The van der Waals surface area contributed by atoms with Crippen molar-refractivity contribution < 1.29 is 13.2 Å². The molecule has 0 aliphatic carbocycles. The largest absolute Gasteiger partial charge is 0.304 e. The van der Waals surface area contributed by atoms with Gasteiger partial charge in [-0.3, -0.25) is 4.79 Å². The van der Waals surface area contributed by atoms with Crippen molar-refractivity contribution in [2.45, 2.75) is 18.7 Å². The molecule has 0 bridgehead atoms. The molecule has 0 fully saturated rings. The van der Waals surface area contributed by atoms with E-state index >= 15 is 0 Å². The van der Waals surface area contributed by atoms with Crippen LogP contribution in [0.4, 0.5) is 0 Å². The zero-order valence-electron chi connectivity index (χ0n) is 14.2. The van der Waals surface area contributed by atoms with Gasteiger partial charge in [0.2, 0.25) is 5.82 Å². The molecule has 2 aromatic carbocycles. The third-order valence-electron chi connectivity index (χ3n) is 3.78. The zero-order valence-corrected chi connectivity index (χ0v) is 15.0. The molecule has 8 heteroatoms. The number of hydrogen-bond acceptors (Lipinski definition) is 6. The molecule has 0 spiro atoms. The standard InChI is InChI=1S/C18H16N4O3S/c1-12-13(2)20-21-17(19-12)18(23)22-26(24,25)16-11-7-6-10-15(16)14-8-4-3-5-9-14/h3-11H,1-2H3,(H,22,23). The fourth-order valence-corrected chi connectivity index (χ4v) is 3.51. The van der Waals surface area contributed by atoms with Gasteiger partial charge in [-0.2, -0.15) is 5.10 Å². The number of amides is 1. The van der Waals surface area contributed by atoms with Gasteiger partial charge in [-0.15, -0.1) is 5.10 Å². The molecule has 0 aliphatic rings. The molecule has 0 atom stereocenters. The molecule has 7 nitrogen and oxygen atoms in total. The van der Waals surface area contributed by atoms with E-state index in [0.29, 0.717) is 17.0 Å². The number of carbonyl (C=O) groups excluding carboxylic acids is 1. The van der Waals surface area contributed by atoms with Crippen LogP contribution in [0.15, 0.2) is 59.5 Å². The second-order valence-corrected chi connectivity index (χ2v) is 7.25. The summed E-state index contributed by atoms with van der Waals surface area (Å²) in [6.07, 6.45) is 0. The summed E-state index contributed by atoms with van der Waals surface area (Å²) < 4.78 is 27.5. The van der Waals surface area contributed by atoms with Gasteiger partial charge in [0.1, 0.15) is 0 Å². The first-order chi connectivity index (χ1) is 12.4. The summed E-state index contributed by atoms with van der Waals surface area (Å²) in [7, 11) is -4.12. The van der Waals surface area contributed by atoms with Crippen molar-refractivity contribution in [2.75, 3.05) is 0 Å². The van der Waals surface area contributed by atoms with Crippen LogP contribution in [0.5, 0.6) is 0 Å². The molecule has 0 aliphatic heterocycles. The molecule has 1 heterocycles. The highest BCUT2D eigenvalue weighted by Gasteiger charge is 2.24. The number of aromatic nitrogens is 3. The van der Waals surface area contributed by atoms with Crippen molar-refractivity contribution >= 4 is 15.9 Å². The van der Waals surface area contributed by atoms with Crippen molar-refractivity contribution in [3.05, 3.63) is 71.8 Å². The summed E-state index contributed by atoms with van der Waals surface area (Å²) in [5, 5.41) is 7.46. The van der Waals surface area contributed by atoms with Gasteiger partial charge in [0.25, 0.3) is 10.0 Å². The summed E-state index contributed by atoms with van der Waals surface area (Å²) in [5.74, 6) is -1.22. The molecule has 0 radical (unpaired) electrons. The number of hydrogen-bond donors (Lipinski definition) is 1. The summed E-state index contributed by atoms with van der Waals surface area (Å²) in [6.45, 7) is 3.36. The monoisotopic (exact) mass is 368 g/mol. The van der Waals surface area contributed by atoms with Crippen LogP contribution in [-0.2, 0) is 10.0 Å². The first-order valence-corrected chi connectivity index (χ1v) is 9.26. The fourth-order valence-electron chi connectivity index (χ4n) is 2.33. The number of carbonyl (C=O) groups is 1. The van der Waals surface area contributed by atoms with Crippen LogP contribution < -0.4 is 4.72 Å². The predicted molar refractivity (Wildman–Crippen MR) is 95.8 cm³/mol. The minimum Gasteiger partial charge on any atom is -0.264 e. The maximum Gasteiger partial charge on any atom is 0.304 e. The van der Waals surface area contributed by atoms with Crippen molar-refractivity contribution in [1.82, 2.24) is 19.9 Å². The summed E-state index contributed by atoms with van der Waals surface area (Å²) in [5.41, 5.74) is 2.30. The van der Waals surface area contributed by atoms with Crippen LogP contribution in [0.3, 0.4) is 0 Å². The highest BCUT2D eigenvalue weighted by molar-refractivity contribution is 7.90. The Morgan fingerprint density at radius 1 is 0.885 bits per heavy atom. The van der Waals surface area contributed by atoms with E-state index in [4.69, 9.17) is 0 Å². The highest BCUT2D eigenvalue weighted by atomic mass is 32.2. The van der Waals surface area contributed by atoms with Gasteiger partial charge < -0.3 is 0 Å². The van der Waals surface area contributed by atoms with Gasteiger partial charge >= 0.3 is 5.91 Å². The van der Waals surface area contributed by atoms with E-state index in [-0.39, 0.29) is 10.7 Å². The van der Waals surface area contributed by atoms with Gasteiger partial charge in [-0.1, -0.05) is 48.5 Å². The predicted octanol–water partition coefficient (Wildman–Crippen LogP) is 2.27. The second kappa shape index (κ2) is 7.01. The van der Waals surface area contributed by atoms with Crippen LogP contribution in [-0.4, -0.2) is 29.5 Å². The second-order valence-electron chi connectivity index (χ2n) is 5.60. The van der Waals surface area contributed by atoms with Gasteiger partial charge in [-0.05, 0) is 25.5 Å². The van der Waals surface area contributed by atoms with Gasteiger partial charge in [-0.25, -0.2) is 18.1 Å². The van der Waals surface area contributed by atoms with Gasteiger partial charge in [0.15, 0.2) is 0 Å². The molecular formula is C18H16N4O3S. The van der Waals surface area contributed by atoms with Crippen molar-refractivity contribution in [1.29, 1.82) is 0 Å². The third kappa shape index (κ3) is 3.60. The summed E-state index contributed by atoms with van der Waals surface area (Å²) in [6, 6.07) is 15.5. The van der Waals surface area contributed by atoms with Crippen molar-refractivity contribution in [3.63, 3.8) is 0 Å². The molecule has 1 amide bonds. The molecule has 0 saturated carbocycles. The normalized spacial score (nSPS) is 11.2. The highest BCUT2D eigenvalue weighted by Crippen LogP contribution is 2.26. The van der Waals surface area contributed by atoms with Crippen LogP contribution in [0.25, 0.3) is 11.1 Å². The lowest BCUT2D eigenvalue weighted by Gasteiger charge is -2.11. The van der Waals surface area contributed by atoms with Gasteiger partial charge in [0, 0.05) is 5.56 Å². The topological polar surface area (TPSA) is 102 Å². The Labute approximate surface area is 151 Å². The summed E-state index contributed by atoms with van der Waals surface area (Å²) >= 11 is 0. The lowest BCUT2D eigenvalue weighted by Crippen LogP contribution is -2.32. The Balaban J connectivity index is 1.96. The van der Waals surface area contributed by atoms with Crippen LogP contribution in [0, 0.1) is 13.8 Å². The molecule has 0 unspecified atom stereocenters. The van der Waals surface area contributed by atoms with E-state index < -0.39 is 15.9 Å². The SMILES string of the molecule is Cc1nnc(C(=O)NS(=O)(=O)c2ccccc2-c2ccccc2)nc1C. The quantitative estimate of drug-likeness (QED) is 0.758. The van der Waals surface area contributed by atoms with E-state index in [1.54, 1.807) is 44.2 Å². The van der Waals surface area contributed by atoms with Crippen molar-refractivity contribution in [2.24, 2.45) is 0 Å². The molecular weight excluding hydrogens is 352 g/mol. The Hall–Kier alpha value is -3.13. The van der Waals surface area contributed by atoms with E-state index in [9.17, 15) is 13.2 Å². The Morgan fingerprint density at radius 3 is 2.23 bits per heavy atom. The molecule has 3 rings (SSSR count). The lowest BCUT2D eigenvalue weighted by atomic mass is 10.1. The van der Waals surface area contributed by atoms with E-state index in [1.807, 2.05) is 22.9 Å². The zero-order chi connectivity index (χ0) is 18.7. The third-order valence-corrected chi connectivity index (χ3v) is 5.17. The first kappa shape index (κ1) is 17.7. The minimum atomic E-state index is -4.12. The van der Waals surface area contributed by atoms with Crippen molar-refractivity contribution in [3.8, 4) is 11.1 Å². The molecule has 26 heavy (non-hydrogen) atoms. The van der Waals surface area contributed by atoms with E-state index in [1.165, 1.54) is 6.07 Å². The molecule has 0 saturated heterocycles. The average molecular weight is 368 g/mol. The van der Waals surface area contributed by atoms with Crippen LogP contribution in [0.1, 0.15) is 22.0 Å². The fraction of sp³-hybridized carbons (Fsp3) is 0.111. The first-order valence-electron chi connectivity index (χ1n) is 7.78. The maximum absolute atomic E-state index is 12.8. The molecule has 1 aromatic heterocycles. The average Bonchev–Trinajstić information content (AvgIpc) is 2.64. The summed E-state index contributed by atoms with van der Waals surface area (Å²) in [4.78, 5) is 16.3. The maximum atomic E-state index is 12.8. The Kier molecular flexibility index (Phi) is 4.77.